The molecule has 1 aliphatic rings. The second-order valence-corrected chi connectivity index (χ2v) is 6.04. The van der Waals surface area contributed by atoms with Gasteiger partial charge in [-0.25, -0.2) is 0 Å². The summed E-state index contributed by atoms with van der Waals surface area (Å²) < 4.78 is 0. The van der Waals surface area contributed by atoms with E-state index >= 15 is 0 Å². The van der Waals surface area contributed by atoms with E-state index in [2.05, 4.69) is 56.0 Å². The van der Waals surface area contributed by atoms with Gasteiger partial charge >= 0.3 is 0 Å². The van der Waals surface area contributed by atoms with Crippen molar-refractivity contribution in [3.8, 4) is 0 Å². The Morgan fingerprint density at radius 2 is 2.25 bits per heavy atom. The van der Waals surface area contributed by atoms with Crippen LogP contribution in [-0.2, 0) is 5.75 Å². The van der Waals surface area contributed by atoms with Gasteiger partial charge in [-0.3, -0.25) is 0 Å². The molecular formula is C14H21NS. The zero-order chi connectivity index (χ0) is 11.5. The fraction of sp³-hybridized carbons (Fsp3) is 0.571. The van der Waals surface area contributed by atoms with Gasteiger partial charge in [-0.2, -0.15) is 11.8 Å². The van der Waals surface area contributed by atoms with Crippen molar-refractivity contribution < 1.29 is 0 Å². The number of fused-ring (bicyclic) bond motifs is 1. The van der Waals surface area contributed by atoms with Crippen molar-refractivity contribution >= 4 is 11.8 Å². The first kappa shape index (κ1) is 12.0. The molecule has 0 aromatic heterocycles. The Hall–Kier alpha value is -0.470. The van der Waals surface area contributed by atoms with Crippen molar-refractivity contribution in [1.82, 2.24) is 5.32 Å². The lowest BCUT2D eigenvalue weighted by Gasteiger charge is -2.20. The number of benzene rings is 1. The molecule has 2 heteroatoms. The molecule has 1 aromatic rings. The first-order valence-electron chi connectivity index (χ1n) is 6.15. The van der Waals surface area contributed by atoms with E-state index < -0.39 is 0 Å². The van der Waals surface area contributed by atoms with E-state index in [-0.39, 0.29) is 0 Å². The largest absolute Gasteiger partial charge is 0.310 e. The first-order valence-corrected chi connectivity index (χ1v) is 7.20. The van der Waals surface area contributed by atoms with E-state index in [1.165, 1.54) is 23.3 Å². The van der Waals surface area contributed by atoms with Crippen LogP contribution in [0.4, 0.5) is 0 Å². The number of thioether (sulfide) groups is 1. The Morgan fingerprint density at radius 3 is 3.00 bits per heavy atom. The minimum absolute atomic E-state index is 0.546. The summed E-state index contributed by atoms with van der Waals surface area (Å²) in [6.45, 7) is 7.82. The Labute approximate surface area is 103 Å². The Balaban J connectivity index is 2.37. The molecule has 2 unspecified atom stereocenters. The lowest BCUT2D eigenvalue weighted by Crippen LogP contribution is -2.23. The monoisotopic (exact) mass is 235 g/mol. The van der Waals surface area contributed by atoms with Gasteiger partial charge in [-0.15, -0.1) is 0 Å². The van der Waals surface area contributed by atoms with Crippen LogP contribution >= 0.6 is 11.8 Å². The lowest BCUT2D eigenvalue weighted by atomic mass is 9.95. The van der Waals surface area contributed by atoms with Crippen molar-refractivity contribution in [2.75, 3.05) is 6.54 Å². The second kappa shape index (κ2) is 5.24. The zero-order valence-electron chi connectivity index (χ0n) is 10.4. The summed E-state index contributed by atoms with van der Waals surface area (Å²) in [5, 5.41) is 4.37. The molecule has 0 amide bonds. The fourth-order valence-electron chi connectivity index (χ4n) is 2.44. The molecule has 0 aliphatic carbocycles. The zero-order valence-corrected chi connectivity index (χ0v) is 11.2. The van der Waals surface area contributed by atoms with E-state index in [1.54, 1.807) is 5.56 Å². The highest BCUT2D eigenvalue weighted by Gasteiger charge is 2.22. The van der Waals surface area contributed by atoms with Gasteiger partial charge in [-0.1, -0.05) is 32.0 Å². The van der Waals surface area contributed by atoms with Gasteiger partial charge in [-0.05, 0) is 36.6 Å². The van der Waals surface area contributed by atoms with Gasteiger partial charge < -0.3 is 5.32 Å². The van der Waals surface area contributed by atoms with Gasteiger partial charge in [0, 0.05) is 17.0 Å². The van der Waals surface area contributed by atoms with Gasteiger partial charge in [0.2, 0.25) is 0 Å². The van der Waals surface area contributed by atoms with E-state index in [1.807, 2.05) is 0 Å². The highest BCUT2D eigenvalue weighted by atomic mass is 32.2. The topological polar surface area (TPSA) is 12.0 Å². The molecule has 1 N–H and O–H groups in total. The van der Waals surface area contributed by atoms with Crippen LogP contribution < -0.4 is 5.32 Å². The molecule has 0 spiro atoms. The first-order chi connectivity index (χ1) is 7.72. The van der Waals surface area contributed by atoms with Crippen LogP contribution in [0, 0.1) is 6.92 Å². The standard InChI is InChI=1S/C14H21NS/c1-4-15-14-8-11(3)16-9-13-10(2)6-5-7-12(13)14/h5-7,11,14-15H,4,8-9H2,1-3H3. The number of hydrogen-bond acceptors (Lipinski definition) is 2. The average molecular weight is 235 g/mol. The van der Waals surface area contributed by atoms with Crippen LogP contribution in [0.5, 0.6) is 0 Å². The predicted molar refractivity (Wildman–Crippen MR) is 73.0 cm³/mol. The van der Waals surface area contributed by atoms with Crippen LogP contribution in [-0.4, -0.2) is 11.8 Å². The summed E-state index contributed by atoms with van der Waals surface area (Å²) in [5.74, 6) is 1.17. The van der Waals surface area contributed by atoms with Crippen LogP contribution in [0.3, 0.4) is 0 Å². The molecule has 0 saturated carbocycles. The normalized spacial score (nSPS) is 24.9. The molecule has 2 atom stereocenters. The van der Waals surface area contributed by atoms with Gasteiger partial charge in [0.25, 0.3) is 0 Å². The van der Waals surface area contributed by atoms with E-state index in [0.29, 0.717) is 6.04 Å². The van der Waals surface area contributed by atoms with E-state index in [9.17, 15) is 0 Å². The molecule has 1 heterocycles. The number of aryl methyl sites for hydroxylation is 1. The summed E-state index contributed by atoms with van der Waals surface area (Å²) in [7, 11) is 0. The molecule has 1 aliphatic heterocycles. The number of hydrogen-bond donors (Lipinski definition) is 1. The lowest BCUT2D eigenvalue weighted by molar-refractivity contribution is 0.515. The SMILES string of the molecule is CCNC1CC(C)SCc2c(C)cccc21. The molecule has 0 radical (unpaired) electrons. The molecule has 0 fully saturated rings. The third-order valence-corrected chi connectivity index (χ3v) is 4.57. The molecule has 0 saturated heterocycles. The van der Waals surface area contributed by atoms with Gasteiger partial charge in [0.1, 0.15) is 0 Å². The maximum Gasteiger partial charge on any atom is 0.0333 e. The Morgan fingerprint density at radius 1 is 1.44 bits per heavy atom. The summed E-state index contributed by atoms with van der Waals surface area (Å²) in [6, 6.07) is 7.27. The highest BCUT2D eigenvalue weighted by molar-refractivity contribution is 7.99. The summed E-state index contributed by atoms with van der Waals surface area (Å²) >= 11 is 2.09. The fourth-order valence-corrected chi connectivity index (χ4v) is 3.61. The maximum absolute atomic E-state index is 3.62. The van der Waals surface area contributed by atoms with Crippen molar-refractivity contribution in [1.29, 1.82) is 0 Å². The van der Waals surface area contributed by atoms with Crippen LogP contribution in [0.2, 0.25) is 0 Å². The number of nitrogens with one attached hydrogen (secondary N) is 1. The van der Waals surface area contributed by atoms with Crippen molar-refractivity contribution in [2.24, 2.45) is 0 Å². The third-order valence-electron chi connectivity index (χ3n) is 3.35. The maximum atomic E-state index is 3.62. The number of rotatable bonds is 2. The predicted octanol–water partition coefficient (Wildman–Crippen LogP) is 3.67. The third kappa shape index (κ3) is 2.44. The quantitative estimate of drug-likeness (QED) is 0.839. The Kier molecular flexibility index (Phi) is 3.93. The smallest absolute Gasteiger partial charge is 0.0333 e. The molecule has 1 aromatic carbocycles. The van der Waals surface area contributed by atoms with Crippen LogP contribution in [0.1, 0.15) is 43.0 Å². The highest BCUT2D eigenvalue weighted by Crippen LogP contribution is 2.35. The van der Waals surface area contributed by atoms with Crippen LogP contribution in [0.25, 0.3) is 0 Å². The van der Waals surface area contributed by atoms with E-state index in [0.717, 1.165) is 11.8 Å². The molecule has 16 heavy (non-hydrogen) atoms. The summed E-state index contributed by atoms with van der Waals surface area (Å²) in [6.07, 6.45) is 1.25. The second-order valence-electron chi connectivity index (χ2n) is 4.61. The minimum Gasteiger partial charge on any atom is -0.310 e. The Bertz CT molecular complexity index is 362. The van der Waals surface area contributed by atoms with Gasteiger partial charge in [0.05, 0.1) is 0 Å². The summed E-state index contributed by atoms with van der Waals surface area (Å²) in [5.41, 5.74) is 4.53. The van der Waals surface area contributed by atoms with Crippen molar-refractivity contribution in [2.45, 2.75) is 44.2 Å². The molecule has 1 nitrogen and oxygen atoms in total. The minimum atomic E-state index is 0.546. The molecular weight excluding hydrogens is 214 g/mol. The summed E-state index contributed by atoms with van der Waals surface area (Å²) in [4.78, 5) is 0. The molecule has 2 rings (SSSR count). The van der Waals surface area contributed by atoms with Crippen molar-refractivity contribution in [3.63, 3.8) is 0 Å². The van der Waals surface area contributed by atoms with Gasteiger partial charge in [0.15, 0.2) is 0 Å². The van der Waals surface area contributed by atoms with Crippen LogP contribution in [0.15, 0.2) is 18.2 Å². The molecule has 88 valence electrons. The van der Waals surface area contributed by atoms with E-state index in [4.69, 9.17) is 0 Å². The van der Waals surface area contributed by atoms with Crippen molar-refractivity contribution in [3.05, 3.63) is 34.9 Å². The average Bonchev–Trinajstić information content (AvgIpc) is 2.41. The molecule has 0 bridgehead atoms.